The predicted octanol–water partition coefficient (Wildman–Crippen LogP) is 3.43. The summed E-state index contributed by atoms with van der Waals surface area (Å²) in [4.78, 5) is 11.8. The van der Waals surface area contributed by atoms with Crippen molar-refractivity contribution in [3.63, 3.8) is 0 Å². The van der Waals surface area contributed by atoms with E-state index in [1.807, 2.05) is 10.8 Å². The second-order valence-electron chi connectivity index (χ2n) is 4.62. The first-order valence-electron chi connectivity index (χ1n) is 6.42. The van der Waals surface area contributed by atoms with Crippen molar-refractivity contribution in [2.45, 2.75) is 17.7 Å². The molecule has 22 heavy (non-hydrogen) atoms. The van der Waals surface area contributed by atoms with Gasteiger partial charge < -0.3 is 0 Å². The fraction of sp³-hybridized carbons (Fsp3) is 0.133. The summed E-state index contributed by atoms with van der Waals surface area (Å²) >= 11 is 11.6. The van der Waals surface area contributed by atoms with E-state index in [1.54, 1.807) is 24.3 Å². The van der Waals surface area contributed by atoms with Gasteiger partial charge in [0.15, 0.2) is 0 Å². The van der Waals surface area contributed by atoms with Gasteiger partial charge in [-0.25, -0.2) is 13.1 Å². The average Bonchev–Trinajstić information content (AvgIpc) is 2.45. The molecule has 0 radical (unpaired) electrons. The lowest BCUT2D eigenvalue weighted by Crippen LogP contribution is -2.30. The number of hydrogen-bond acceptors (Lipinski definition) is 3. The lowest BCUT2D eigenvalue weighted by molar-refractivity contribution is -0.119. The monoisotopic (exact) mass is 357 g/mol. The van der Waals surface area contributed by atoms with Crippen LogP contribution < -0.4 is 4.72 Å². The maximum absolute atomic E-state index is 12.0. The van der Waals surface area contributed by atoms with Crippen LogP contribution in [0.3, 0.4) is 0 Å². The molecular weight excluding hydrogens is 345 g/mol. The van der Waals surface area contributed by atoms with Crippen LogP contribution in [-0.2, 0) is 21.2 Å². The highest BCUT2D eigenvalue weighted by Crippen LogP contribution is 2.16. The van der Waals surface area contributed by atoms with Gasteiger partial charge in [0.05, 0.1) is 4.90 Å². The van der Waals surface area contributed by atoms with Gasteiger partial charge in [0, 0.05) is 16.5 Å². The number of halogens is 2. The number of amides is 1. The molecule has 0 saturated carbocycles. The summed E-state index contributed by atoms with van der Waals surface area (Å²) in [7, 11) is -3.90. The molecule has 0 spiro atoms. The Morgan fingerprint density at radius 3 is 2.27 bits per heavy atom. The van der Waals surface area contributed by atoms with Gasteiger partial charge in [-0.15, -0.1) is 0 Å². The van der Waals surface area contributed by atoms with Crippen LogP contribution in [0.5, 0.6) is 0 Å². The molecule has 116 valence electrons. The van der Waals surface area contributed by atoms with E-state index in [9.17, 15) is 13.2 Å². The van der Waals surface area contributed by atoms with Crippen LogP contribution in [-0.4, -0.2) is 14.3 Å². The summed E-state index contributed by atoms with van der Waals surface area (Å²) < 4.78 is 26.1. The first-order chi connectivity index (χ1) is 10.4. The van der Waals surface area contributed by atoms with E-state index in [2.05, 4.69) is 0 Å². The van der Waals surface area contributed by atoms with Crippen molar-refractivity contribution in [3.05, 3.63) is 64.1 Å². The molecule has 2 aromatic rings. The lowest BCUT2D eigenvalue weighted by Gasteiger charge is -2.07. The normalized spacial score (nSPS) is 11.2. The summed E-state index contributed by atoms with van der Waals surface area (Å²) in [6.07, 6.45) is 0.442. The fourth-order valence-electron chi connectivity index (χ4n) is 1.84. The summed E-state index contributed by atoms with van der Waals surface area (Å²) in [5.74, 6) is -0.583. The van der Waals surface area contributed by atoms with Crippen molar-refractivity contribution in [3.8, 4) is 0 Å². The molecule has 0 saturated heterocycles. The van der Waals surface area contributed by atoms with E-state index in [4.69, 9.17) is 23.2 Å². The van der Waals surface area contributed by atoms with Gasteiger partial charge in [0.2, 0.25) is 5.91 Å². The van der Waals surface area contributed by atoms with Crippen molar-refractivity contribution in [2.75, 3.05) is 0 Å². The smallest absolute Gasteiger partial charge is 0.264 e. The number of carbonyl (C=O) groups excluding carboxylic acids is 1. The molecule has 0 atom stereocenters. The summed E-state index contributed by atoms with van der Waals surface area (Å²) in [6.45, 7) is 0. The van der Waals surface area contributed by atoms with Crippen LogP contribution in [0.15, 0.2) is 53.4 Å². The number of carbonyl (C=O) groups is 1. The fourth-order valence-corrected chi connectivity index (χ4v) is 3.37. The van der Waals surface area contributed by atoms with Gasteiger partial charge >= 0.3 is 0 Å². The van der Waals surface area contributed by atoms with Crippen LogP contribution in [0.2, 0.25) is 10.0 Å². The second kappa shape index (κ2) is 7.13. The van der Waals surface area contributed by atoms with E-state index in [-0.39, 0.29) is 16.3 Å². The molecule has 0 aromatic heterocycles. The zero-order valence-corrected chi connectivity index (χ0v) is 13.8. The third-order valence-electron chi connectivity index (χ3n) is 2.88. The van der Waals surface area contributed by atoms with E-state index in [0.717, 1.165) is 5.56 Å². The summed E-state index contributed by atoms with van der Waals surface area (Å²) in [5.41, 5.74) is 0.864. The largest absolute Gasteiger partial charge is 0.274 e. The summed E-state index contributed by atoms with van der Waals surface area (Å²) in [5, 5.41) is 0.860. The van der Waals surface area contributed by atoms with E-state index in [0.29, 0.717) is 11.4 Å². The minimum atomic E-state index is -3.90. The first kappa shape index (κ1) is 16.8. The first-order valence-corrected chi connectivity index (χ1v) is 8.66. The van der Waals surface area contributed by atoms with Gasteiger partial charge in [-0.1, -0.05) is 41.4 Å². The molecule has 2 rings (SSSR count). The van der Waals surface area contributed by atoms with E-state index in [1.165, 1.54) is 18.2 Å². The molecule has 1 amide bonds. The Hall–Kier alpha value is -1.56. The Bertz CT molecular complexity index is 791. The maximum atomic E-state index is 12.0. The van der Waals surface area contributed by atoms with Crippen LogP contribution in [0.4, 0.5) is 0 Å². The molecule has 0 bridgehead atoms. The number of nitrogens with one attached hydrogen (secondary N) is 1. The quantitative estimate of drug-likeness (QED) is 0.891. The third kappa shape index (κ3) is 4.73. The van der Waals surface area contributed by atoms with Gasteiger partial charge in [0.1, 0.15) is 0 Å². The highest BCUT2D eigenvalue weighted by atomic mass is 35.5. The van der Waals surface area contributed by atoms with Crippen LogP contribution in [0.25, 0.3) is 0 Å². The minimum Gasteiger partial charge on any atom is -0.274 e. The van der Waals surface area contributed by atoms with Crippen molar-refractivity contribution >= 4 is 39.1 Å². The highest BCUT2D eigenvalue weighted by Gasteiger charge is 2.17. The van der Waals surface area contributed by atoms with Crippen LogP contribution in [0, 0.1) is 0 Å². The SMILES string of the molecule is O=C(CCc1cccc(Cl)c1)NS(=O)(=O)c1cccc(Cl)c1. The molecule has 4 nitrogen and oxygen atoms in total. The Balaban J connectivity index is 1.99. The third-order valence-corrected chi connectivity index (χ3v) is 4.73. The number of rotatable bonds is 5. The molecule has 0 aliphatic heterocycles. The van der Waals surface area contributed by atoms with Crippen molar-refractivity contribution in [1.82, 2.24) is 4.72 Å². The molecule has 0 aliphatic carbocycles. The number of sulfonamides is 1. The average molecular weight is 358 g/mol. The van der Waals surface area contributed by atoms with Crippen LogP contribution >= 0.6 is 23.2 Å². The standard InChI is InChI=1S/C15H13Cl2NO3S/c16-12-4-1-3-11(9-12)7-8-15(19)18-22(20,21)14-6-2-5-13(17)10-14/h1-6,9-10H,7-8H2,(H,18,19). The van der Waals surface area contributed by atoms with Gasteiger partial charge in [-0.3, -0.25) is 4.79 Å². The van der Waals surface area contributed by atoms with Crippen molar-refractivity contribution in [1.29, 1.82) is 0 Å². The molecule has 2 aromatic carbocycles. The second-order valence-corrected chi connectivity index (χ2v) is 7.17. The van der Waals surface area contributed by atoms with Crippen LogP contribution in [0.1, 0.15) is 12.0 Å². The van der Waals surface area contributed by atoms with Gasteiger partial charge in [-0.2, -0.15) is 0 Å². The zero-order valence-electron chi connectivity index (χ0n) is 11.4. The lowest BCUT2D eigenvalue weighted by atomic mass is 10.1. The van der Waals surface area contributed by atoms with Gasteiger partial charge in [-0.05, 0) is 42.3 Å². The molecule has 0 heterocycles. The number of hydrogen-bond donors (Lipinski definition) is 1. The Morgan fingerprint density at radius 2 is 1.64 bits per heavy atom. The van der Waals surface area contributed by atoms with Gasteiger partial charge in [0.25, 0.3) is 10.0 Å². The molecular formula is C15H13Cl2NO3S. The Labute approximate surface area is 139 Å². The zero-order chi connectivity index (χ0) is 16.2. The topological polar surface area (TPSA) is 63.2 Å². The summed E-state index contributed by atoms with van der Waals surface area (Å²) in [6, 6.07) is 12.8. The Kier molecular flexibility index (Phi) is 5.45. The highest BCUT2D eigenvalue weighted by molar-refractivity contribution is 7.90. The Morgan fingerprint density at radius 1 is 1.00 bits per heavy atom. The van der Waals surface area contributed by atoms with Crippen molar-refractivity contribution < 1.29 is 13.2 Å². The van der Waals surface area contributed by atoms with E-state index >= 15 is 0 Å². The molecule has 0 aliphatic rings. The molecule has 7 heteroatoms. The maximum Gasteiger partial charge on any atom is 0.264 e. The number of benzene rings is 2. The predicted molar refractivity (Wildman–Crippen MR) is 86.6 cm³/mol. The number of aryl methyl sites for hydroxylation is 1. The van der Waals surface area contributed by atoms with Crippen molar-refractivity contribution in [2.24, 2.45) is 0 Å². The van der Waals surface area contributed by atoms with E-state index < -0.39 is 15.9 Å². The molecule has 0 unspecified atom stereocenters. The minimum absolute atomic E-state index is 0.0418. The molecule has 1 N–H and O–H groups in total. The molecule has 0 fully saturated rings.